The summed E-state index contributed by atoms with van der Waals surface area (Å²) < 4.78 is 54.3. The van der Waals surface area contributed by atoms with Gasteiger partial charge in [0.2, 0.25) is 0 Å². The third kappa shape index (κ3) is 5.18. The van der Waals surface area contributed by atoms with E-state index in [1.165, 1.54) is 24.3 Å². The number of nitrogens with zero attached hydrogens (tertiary/aromatic N) is 1. The lowest BCUT2D eigenvalue weighted by Crippen LogP contribution is -2.56. The van der Waals surface area contributed by atoms with Crippen LogP contribution in [0.15, 0.2) is 65.8 Å². The molecule has 2 fully saturated rings. The molecule has 7 nitrogen and oxygen atoms in total. The molecule has 2 bridgehead atoms. The number of nitrogens with one attached hydrogen (secondary N) is 1. The Kier molecular flexibility index (Phi) is 7.49. The summed E-state index contributed by atoms with van der Waals surface area (Å²) in [5, 5.41) is 24.2. The van der Waals surface area contributed by atoms with Crippen molar-refractivity contribution in [2.75, 3.05) is 5.32 Å². The molecule has 0 saturated heterocycles. The van der Waals surface area contributed by atoms with Crippen molar-refractivity contribution < 1.29 is 32.2 Å². The highest BCUT2D eigenvalue weighted by molar-refractivity contribution is 7.92. The predicted molar refractivity (Wildman–Crippen MR) is 141 cm³/mol. The lowest BCUT2D eigenvalue weighted by Gasteiger charge is -2.45. The number of carbonyl (C=O) groups excluding carboxylic acids is 1. The number of benzene rings is 2. The van der Waals surface area contributed by atoms with Gasteiger partial charge in [0.25, 0.3) is 5.91 Å². The number of amides is 1. The minimum atomic E-state index is -4.02. The van der Waals surface area contributed by atoms with Crippen molar-refractivity contribution in [1.82, 2.24) is 4.98 Å². The lowest BCUT2D eigenvalue weighted by atomic mass is 9.70. The first-order valence-corrected chi connectivity index (χ1v) is 14.5. The van der Waals surface area contributed by atoms with Crippen LogP contribution in [0.5, 0.6) is 0 Å². The second-order valence-electron chi connectivity index (χ2n) is 10.3. The molecule has 2 aromatic carbocycles. The lowest BCUT2D eigenvalue weighted by molar-refractivity contribution is -0.141. The number of aromatic nitrogens is 1. The second kappa shape index (κ2) is 10.6. The van der Waals surface area contributed by atoms with E-state index in [2.05, 4.69) is 10.3 Å². The molecule has 1 aromatic heterocycles. The van der Waals surface area contributed by atoms with E-state index in [4.69, 9.17) is 11.6 Å². The van der Waals surface area contributed by atoms with Crippen molar-refractivity contribution >= 4 is 33.0 Å². The van der Waals surface area contributed by atoms with E-state index in [9.17, 15) is 32.2 Å². The zero-order valence-electron chi connectivity index (χ0n) is 20.7. The van der Waals surface area contributed by atoms with E-state index in [1.54, 1.807) is 18.5 Å². The molecule has 1 heterocycles. The zero-order valence-corrected chi connectivity index (χ0v) is 22.3. The smallest absolute Gasteiger partial charge is 0.255 e. The van der Waals surface area contributed by atoms with E-state index in [-0.39, 0.29) is 40.4 Å². The summed E-state index contributed by atoms with van der Waals surface area (Å²) in [6, 6.07) is 10.3. The van der Waals surface area contributed by atoms with Crippen molar-refractivity contribution in [2.45, 2.75) is 54.0 Å². The van der Waals surface area contributed by atoms with Gasteiger partial charge in [0.05, 0.1) is 26.9 Å². The maximum atomic E-state index is 13.8. The molecule has 1 amide bonds. The number of aliphatic hydroxyl groups excluding tert-OH is 1. The van der Waals surface area contributed by atoms with Crippen LogP contribution >= 0.6 is 11.6 Å². The first-order chi connectivity index (χ1) is 18.5. The molecule has 5 rings (SSSR count). The molecular weight excluding hydrogens is 550 g/mol. The van der Waals surface area contributed by atoms with E-state index in [0.717, 1.165) is 17.7 Å². The van der Waals surface area contributed by atoms with Crippen molar-refractivity contribution in [3.05, 3.63) is 88.7 Å². The van der Waals surface area contributed by atoms with Crippen LogP contribution in [0, 0.1) is 23.5 Å². The highest BCUT2D eigenvalue weighted by Gasteiger charge is 2.58. The molecule has 206 valence electrons. The minimum absolute atomic E-state index is 0.00578. The Balaban J connectivity index is 1.35. The standard InChI is InChI=1S/C28H27ClF2N2O5S/c29-22-7-3-17(27(35)33-20-6-8-23(30)24(31)14-20)11-25(22)39(37,38)21-12-18-4-5-19(13-21)28(18,36)26(34)10-16-2-1-9-32-15-16/h1-3,6-9,11,14-15,18-19,21,26,34,36H,4-5,10,12-13H2,(H,33,35)/t18?,19?,21-,26?,28-. The number of sulfone groups is 1. The van der Waals surface area contributed by atoms with Gasteiger partial charge in [-0.15, -0.1) is 0 Å². The Morgan fingerprint density at radius 1 is 1.10 bits per heavy atom. The zero-order chi connectivity index (χ0) is 27.9. The van der Waals surface area contributed by atoms with Gasteiger partial charge in [-0.3, -0.25) is 9.78 Å². The first kappa shape index (κ1) is 27.6. The molecule has 3 unspecified atom stereocenters. The topological polar surface area (TPSA) is 117 Å². The number of hydrogen-bond donors (Lipinski definition) is 3. The third-order valence-corrected chi connectivity index (χ3v) is 10.7. The number of anilines is 1. The van der Waals surface area contributed by atoms with Crippen LogP contribution in [0.4, 0.5) is 14.5 Å². The number of carbonyl (C=O) groups is 1. The molecule has 0 radical (unpaired) electrons. The number of hydrogen-bond acceptors (Lipinski definition) is 6. The van der Waals surface area contributed by atoms with Gasteiger partial charge in [-0.05, 0) is 79.5 Å². The summed E-state index contributed by atoms with van der Waals surface area (Å²) in [6.07, 6.45) is 3.83. The van der Waals surface area contributed by atoms with Crippen molar-refractivity contribution in [2.24, 2.45) is 11.8 Å². The van der Waals surface area contributed by atoms with Crippen LogP contribution in [-0.2, 0) is 16.3 Å². The van der Waals surface area contributed by atoms with Gasteiger partial charge in [0, 0.05) is 36.1 Å². The number of aliphatic hydroxyl groups is 2. The predicted octanol–water partition coefficient (Wildman–Crippen LogP) is 4.56. The molecular formula is C28H27ClF2N2O5S. The van der Waals surface area contributed by atoms with E-state index in [1.807, 2.05) is 6.07 Å². The largest absolute Gasteiger partial charge is 0.390 e. The van der Waals surface area contributed by atoms with Crippen molar-refractivity contribution in [3.63, 3.8) is 0 Å². The maximum absolute atomic E-state index is 13.8. The van der Waals surface area contributed by atoms with Gasteiger partial charge >= 0.3 is 0 Å². The van der Waals surface area contributed by atoms with Crippen LogP contribution in [0.1, 0.15) is 41.6 Å². The van der Waals surface area contributed by atoms with Crippen molar-refractivity contribution in [3.8, 4) is 0 Å². The van der Waals surface area contributed by atoms with Crippen molar-refractivity contribution in [1.29, 1.82) is 0 Å². The number of fused-ring (bicyclic) bond motifs is 2. The molecule has 3 atom stereocenters. The highest BCUT2D eigenvalue weighted by atomic mass is 35.5. The molecule has 0 spiro atoms. The Labute approximate surface area is 229 Å². The van der Waals surface area contributed by atoms with Crippen LogP contribution < -0.4 is 5.32 Å². The van der Waals surface area contributed by atoms with Gasteiger partial charge in [-0.2, -0.15) is 0 Å². The second-order valence-corrected chi connectivity index (χ2v) is 12.9. The van der Waals surface area contributed by atoms with E-state index < -0.39 is 56.2 Å². The Morgan fingerprint density at radius 2 is 1.82 bits per heavy atom. The Morgan fingerprint density at radius 3 is 2.46 bits per heavy atom. The fourth-order valence-electron chi connectivity index (χ4n) is 6.06. The van der Waals surface area contributed by atoms with Gasteiger partial charge < -0.3 is 15.5 Å². The summed E-state index contributed by atoms with van der Waals surface area (Å²) in [5.41, 5.74) is -0.661. The maximum Gasteiger partial charge on any atom is 0.255 e. The monoisotopic (exact) mass is 576 g/mol. The van der Waals surface area contributed by atoms with Gasteiger partial charge in [-0.1, -0.05) is 17.7 Å². The summed E-state index contributed by atoms with van der Waals surface area (Å²) in [6.45, 7) is 0. The fourth-order valence-corrected chi connectivity index (χ4v) is 8.47. The molecule has 2 saturated carbocycles. The van der Waals surface area contributed by atoms with Crippen LogP contribution in [0.2, 0.25) is 5.02 Å². The number of halogens is 3. The molecule has 2 aliphatic carbocycles. The summed E-state index contributed by atoms with van der Waals surface area (Å²) in [7, 11) is -4.02. The third-order valence-electron chi connectivity index (χ3n) is 8.07. The molecule has 39 heavy (non-hydrogen) atoms. The van der Waals surface area contributed by atoms with Crippen LogP contribution in [0.25, 0.3) is 0 Å². The van der Waals surface area contributed by atoms with Gasteiger partial charge in [0.1, 0.15) is 0 Å². The first-order valence-electron chi connectivity index (χ1n) is 12.6. The molecule has 0 aliphatic heterocycles. The SMILES string of the molecule is O=C(Nc1ccc(F)c(F)c1)c1ccc(Cl)c(S(=O)(=O)[C@H]2CC3CCC(C2)[C@]3(O)C(O)Cc2cccnc2)c1. The van der Waals surface area contributed by atoms with E-state index >= 15 is 0 Å². The van der Waals surface area contributed by atoms with E-state index in [0.29, 0.717) is 12.8 Å². The average molecular weight is 577 g/mol. The van der Waals surface area contributed by atoms with Crippen LogP contribution in [-0.4, -0.2) is 46.5 Å². The molecule has 2 aliphatic rings. The fraction of sp³-hybridized carbons (Fsp3) is 0.357. The number of pyridine rings is 1. The minimum Gasteiger partial charge on any atom is -0.390 e. The summed E-state index contributed by atoms with van der Waals surface area (Å²) >= 11 is 6.29. The number of rotatable bonds is 7. The quantitative estimate of drug-likeness (QED) is 0.380. The Hall–Kier alpha value is -2.92. The van der Waals surface area contributed by atoms with Gasteiger partial charge in [0.15, 0.2) is 21.5 Å². The molecule has 3 N–H and O–H groups in total. The average Bonchev–Trinajstić information content (AvgIpc) is 3.07. The molecule has 3 aromatic rings. The van der Waals surface area contributed by atoms with Crippen LogP contribution in [0.3, 0.4) is 0 Å². The highest BCUT2D eigenvalue weighted by Crippen LogP contribution is 2.54. The summed E-state index contributed by atoms with van der Waals surface area (Å²) in [5.74, 6) is -3.77. The van der Waals surface area contributed by atoms with Gasteiger partial charge in [-0.25, -0.2) is 17.2 Å². The Bertz CT molecular complexity index is 1490. The summed E-state index contributed by atoms with van der Waals surface area (Å²) in [4.78, 5) is 16.6. The molecule has 11 heteroatoms. The normalized spacial score (nSPS) is 25.3.